The molecule has 1 aromatic rings. The van der Waals surface area contributed by atoms with Crippen LogP contribution in [0.3, 0.4) is 0 Å². The molecule has 0 aromatic heterocycles. The lowest BCUT2D eigenvalue weighted by atomic mass is 9.73. The van der Waals surface area contributed by atoms with Crippen molar-refractivity contribution in [2.24, 2.45) is 5.92 Å². The Morgan fingerprint density at radius 3 is 2.35 bits per heavy atom. The topological polar surface area (TPSA) is 54.4 Å². The second-order valence-electron chi connectivity index (χ2n) is 4.79. The van der Waals surface area contributed by atoms with Gasteiger partial charge in [0.1, 0.15) is 5.60 Å². The molecule has 1 aliphatic rings. The zero-order chi connectivity index (χ0) is 12.7. The summed E-state index contributed by atoms with van der Waals surface area (Å²) >= 11 is 0. The fourth-order valence-corrected chi connectivity index (χ4v) is 3.90. The number of alkyl halides is 1. The van der Waals surface area contributed by atoms with E-state index in [-0.39, 0.29) is 23.7 Å². The molecule has 1 saturated carbocycles. The number of aliphatic hydroxyl groups is 1. The summed E-state index contributed by atoms with van der Waals surface area (Å²) in [7, 11) is -4.10. The Kier molecular flexibility index (Phi) is 2.99. The first-order valence-corrected chi connectivity index (χ1v) is 7.06. The molecule has 17 heavy (non-hydrogen) atoms. The van der Waals surface area contributed by atoms with Gasteiger partial charge in [0.2, 0.25) is 15.3 Å². The predicted molar refractivity (Wildman–Crippen MR) is 61.9 cm³/mol. The van der Waals surface area contributed by atoms with E-state index in [1.165, 1.54) is 24.3 Å². The number of rotatable bonds is 3. The standard InChI is InChI=1S/C12H15FO3S/c1-9-7-12(14,8-9)11(13)17(15,16)10-5-3-2-4-6-10/h2-6,9,11,14H,7-8H2,1H3. The van der Waals surface area contributed by atoms with Gasteiger partial charge in [-0.25, -0.2) is 12.8 Å². The second kappa shape index (κ2) is 4.07. The van der Waals surface area contributed by atoms with E-state index in [0.717, 1.165) is 0 Å². The van der Waals surface area contributed by atoms with Crippen molar-refractivity contribution < 1.29 is 17.9 Å². The van der Waals surface area contributed by atoms with Crippen LogP contribution in [0.1, 0.15) is 19.8 Å². The molecular formula is C12H15FO3S. The van der Waals surface area contributed by atoms with Gasteiger partial charge in [0.25, 0.3) is 0 Å². The monoisotopic (exact) mass is 258 g/mol. The van der Waals surface area contributed by atoms with Crippen molar-refractivity contribution in [2.45, 2.75) is 35.8 Å². The average Bonchev–Trinajstić information content (AvgIpc) is 2.27. The smallest absolute Gasteiger partial charge is 0.233 e. The lowest BCUT2D eigenvalue weighted by Crippen LogP contribution is -2.53. The molecule has 3 nitrogen and oxygen atoms in total. The van der Waals surface area contributed by atoms with Crippen molar-refractivity contribution in [1.82, 2.24) is 0 Å². The molecule has 1 N–H and O–H groups in total. The molecule has 2 rings (SSSR count). The summed E-state index contributed by atoms with van der Waals surface area (Å²) in [5, 5.41) is 9.89. The largest absolute Gasteiger partial charge is 0.386 e. The van der Waals surface area contributed by atoms with Crippen molar-refractivity contribution in [2.75, 3.05) is 0 Å². The van der Waals surface area contributed by atoms with E-state index in [1.54, 1.807) is 6.07 Å². The van der Waals surface area contributed by atoms with Crippen LogP contribution in [0.2, 0.25) is 0 Å². The summed E-state index contributed by atoms with van der Waals surface area (Å²) in [4.78, 5) is -0.0829. The van der Waals surface area contributed by atoms with Gasteiger partial charge in [-0.05, 0) is 30.9 Å². The molecule has 1 aliphatic carbocycles. The number of hydrogen-bond donors (Lipinski definition) is 1. The van der Waals surface area contributed by atoms with Gasteiger partial charge in [0.15, 0.2) is 0 Å². The van der Waals surface area contributed by atoms with E-state index in [0.29, 0.717) is 0 Å². The quantitative estimate of drug-likeness (QED) is 0.901. The summed E-state index contributed by atoms with van der Waals surface area (Å²) in [5.74, 6) is 0.171. The molecule has 0 radical (unpaired) electrons. The van der Waals surface area contributed by atoms with E-state index in [2.05, 4.69) is 0 Å². The third-order valence-corrected chi connectivity index (χ3v) is 5.08. The molecule has 0 aliphatic heterocycles. The normalized spacial score (nSPS) is 30.6. The van der Waals surface area contributed by atoms with Crippen LogP contribution in [0, 0.1) is 5.92 Å². The second-order valence-corrected chi connectivity index (χ2v) is 6.77. The van der Waals surface area contributed by atoms with Crippen LogP contribution in [0.15, 0.2) is 35.2 Å². The van der Waals surface area contributed by atoms with Gasteiger partial charge < -0.3 is 5.11 Å². The van der Waals surface area contributed by atoms with Crippen molar-refractivity contribution in [1.29, 1.82) is 0 Å². The predicted octanol–water partition coefficient (Wildman–Crippen LogP) is 1.92. The van der Waals surface area contributed by atoms with Crippen LogP contribution in [0.25, 0.3) is 0 Å². The number of halogens is 1. The van der Waals surface area contributed by atoms with Gasteiger partial charge >= 0.3 is 0 Å². The van der Waals surface area contributed by atoms with E-state index in [1.807, 2.05) is 6.92 Å². The van der Waals surface area contributed by atoms with E-state index >= 15 is 0 Å². The van der Waals surface area contributed by atoms with E-state index in [4.69, 9.17) is 0 Å². The molecule has 1 fully saturated rings. The highest BCUT2D eigenvalue weighted by atomic mass is 32.2. The average molecular weight is 258 g/mol. The first-order chi connectivity index (χ1) is 7.86. The van der Waals surface area contributed by atoms with Crippen LogP contribution >= 0.6 is 0 Å². The number of benzene rings is 1. The molecule has 1 aromatic carbocycles. The Morgan fingerprint density at radius 2 is 1.88 bits per heavy atom. The summed E-state index contributed by atoms with van der Waals surface area (Å²) in [6.07, 6.45) is 0.389. The molecular weight excluding hydrogens is 243 g/mol. The summed E-state index contributed by atoms with van der Waals surface area (Å²) in [6, 6.07) is 7.41. The fraction of sp³-hybridized carbons (Fsp3) is 0.500. The van der Waals surface area contributed by atoms with Crippen molar-refractivity contribution >= 4 is 9.84 Å². The van der Waals surface area contributed by atoms with Gasteiger partial charge in [-0.3, -0.25) is 0 Å². The van der Waals surface area contributed by atoms with Gasteiger partial charge in [-0.1, -0.05) is 25.1 Å². The maximum Gasteiger partial charge on any atom is 0.233 e. The molecule has 94 valence electrons. The van der Waals surface area contributed by atoms with Gasteiger partial charge in [0, 0.05) is 0 Å². The lowest BCUT2D eigenvalue weighted by molar-refractivity contribution is -0.0967. The molecule has 1 atom stereocenters. The Balaban J connectivity index is 2.28. The molecule has 0 spiro atoms. The van der Waals surface area contributed by atoms with E-state index in [9.17, 15) is 17.9 Å². The highest BCUT2D eigenvalue weighted by Crippen LogP contribution is 2.44. The fourth-order valence-electron chi connectivity index (χ4n) is 2.35. The SMILES string of the molecule is CC1CC(O)(C(F)S(=O)(=O)c2ccccc2)C1. The van der Waals surface area contributed by atoms with Crippen LogP contribution in [-0.2, 0) is 9.84 Å². The zero-order valence-electron chi connectivity index (χ0n) is 9.51. The Morgan fingerprint density at radius 1 is 1.35 bits per heavy atom. The van der Waals surface area contributed by atoms with E-state index < -0.39 is 20.9 Å². The van der Waals surface area contributed by atoms with Crippen molar-refractivity contribution in [3.05, 3.63) is 30.3 Å². The van der Waals surface area contributed by atoms with Crippen LogP contribution in [0.4, 0.5) is 4.39 Å². The molecule has 5 heteroatoms. The Hall–Kier alpha value is -0.940. The van der Waals surface area contributed by atoms with Gasteiger partial charge in [-0.2, -0.15) is 0 Å². The maximum absolute atomic E-state index is 14.0. The highest BCUT2D eigenvalue weighted by Gasteiger charge is 2.53. The minimum absolute atomic E-state index is 0.0829. The van der Waals surface area contributed by atoms with Gasteiger partial charge in [0.05, 0.1) is 4.90 Å². The zero-order valence-corrected chi connectivity index (χ0v) is 10.3. The highest BCUT2D eigenvalue weighted by molar-refractivity contribution is 7.92. The molecule has 0 bridgehead atoms. The number of sulfone groups is 1. The summed E-state index contributed by atoms with van der Waals surface area (Å²) in [6.45, 7) is 1.86. The van der Waals surface area contributed by atoms with Crippen LogP contribution < -0.4 is 0 Å². The minimum atomic E-state index is -4.10. The third-order valence-electron chi connectivity index (χ3n) is 3.17. The van der Waals surface area contributed by atoms with Crippen molar-refractivity contribution in [3.8, 4) is 0 Å². The summed E-state index contributed by atoms with van der Waals surface area (Å²) in [5.41, 5.74) is -3.96. The van der Waals surface area contributed by atoms with Crippen LogP contribution in [0.5, 0.6) is 0 Å². The molecule has 0 heterocycles. The first-order valence-electron chi connectivity index (χ1n) is 5.52. The molecule has 0 saturated heterocycles. The molecule has 1 unspecified atom stereocenters. The molecule has 0 amide bonds. The summed E-state index contributed by atoms with van der Waals surface area (Å²) < 4.78 is 37.9. The van der Waals surface area contributed by atoms with Gasteiger partial charge in [-0.15, -0.1) is 0 Å². The first kappa shape index (κ1) is 12.5. The Bertz CT molecular complexity index is 492. The minimum Gasteiger partial charge on any atom is -0.386 e. The third kappa shape index (κ3) is 2.09. The van der Waals surface area contributed by atoms with Crippen molar-refractivity contribution in [3.63, 3.8) is 0 Å². The lowest BCUT2D eigenvalue weighted by Gasteiger charge is -2.43. The van der Waals surface area contributed by atoms with Crippen LogP contribution in [-0.4, -0.2) is 24.6 Å². The maximum atomic E-state index is 14.0. The number of hydrogen-bond acceptors (Lipinski definition) is 3. The Labute approximate surface area is 100 Å².